The van der Waals surface area contributed by atoms with E-state index in [9.17, 15) is 9.50 Å². The molecule has 0 fully saturated rings. The first-order valence-electron chi connectivity index (χ1n) is 9.61. The van der Waals surface area contributed by atoms with Crippen LogP contribution >= 0.6 is 0 Å². The van der Waals surface area contributed by atoms with E-state index in [0.29, 0.717) is 0 Å². The number of pyridine rings is 1. The molecule has 0 saturated heterocycles. The molecule has 0 radical (unpaired) electrons. The number of halogens is 1. The molecular weight excluding hydrogens is 337 g/mol. The second kappa shape index (κ2) is 7.24. The van der Waals surface area contributed by atoms with Gasteiger partial charge in [-0.1, -0.05) is 50.2 Å². The molecule has 2 nitrogen and oxygen atoms in total. The van der Waals surface area contributed by atoms with Crippen molar-refractivity contribution in [1.29, 1.82) is 0 Å². The maximum absolute atomic E-state index is 13.5. The normalized spacial score (nSPS) is 13.2. The minimum Gasteiger partial charge on any atom is -0.392 e. The summed E-state index contributed by atoms with van der Waals surface area (Å²) in [6.07, 6.45) is 2.95. The number of aryl methyl sites for hydroxylation is 1. The second-order valence-corrected chi connectivity index (χ2v) is 7.51. The highest BCUT2D eigenvalue weighted by atomic mass is 19.1. The van der Waals surface area contributed by atoms with Crippen LogP contribution in [0.25, 0.3) is 22.4 Å². The highest BCUT2D eigenvalue weighted by molar-refractivity contribution is 5.81. The standard InChI is InChI=1S/C24H24FNO/c1-15(2)23-21(14-27)22(17-10-12-18(25)13-11-17)20-9-5-7-16-6-3-4-8-19(16)24(20)26-23/h3-4,6,8,10-13,15,27H,5,7,9,14H2,1-2H3. The third-order valence-corrected chi connectivity index (χ3v) is 5.41. The number of hydrogen-bond acceptors (Lipinski definition) is 2. The molecule has 1 N–H and O–H groups in total. The van der Waals surface area contributed by atoms with Gasteiger partial charge in [0.25, 0.3) is 0 Å². The van der Waals surface area contributed by atoms with E-state index in [-0.39, 0.29) is 18.3 Å². The second-order valence-electron chi connectivity index (χ2n) is 7.51. The molecule has 1 aliphatic carbocycles. The molecule has 0 spiro atoms. The SMILES string of the molecule is CC(C)c1nc2c(c(-c3ccc(F)cc3)c1CO)CCCc1ccccc1-2. The van der Waals surface area contributed by atoms with Gasteiger partial charge in [0.2, 0.25) is 0 Å². The summed E-state index contributed by atoms with van der Waals surface area (Å²) < 4.78 is 13.5. The zero-order valence-electron chi connectivity index (χ0n) is 15.8. The molecular formula is C24H24FNO. The zero-order valence-corrected chi connectivity index (χ0v) is 15.8. The van der Waals surface area contributed by atoms with Crippen molar-refractivity contribution in [2.75, 3.05) is 0 Å². The monoisotopic (exact) mass is 361 g/mol. The summed E-state index contributed by atoms with van der Waals surface area (Å²) in [4.78, 5) is 5.05. The lowest BCUT2D eigenvalue weighted by molar-refractivity contribution is 0.280. The first kappa shape index (κ1) is 17.9. The maximum Gasteiger partial charge on any atom is 0.123 e. The van der Waals surface area contributed by atoms with Gasteiger partial charge in [0.1, 0.15) is 5.82 Å². The summed E-state index contributed by atoms with van der Waals surface area (Å²) in [6, 6.07) is 15.1. The van der Waals surface area contributed by atoms with E-state index in [1.54, 1.807) is 0 Å². The van der Waals surface area contributed by atoms with E-state index in [4.69, 9.17) is 4.98 Å². The van der Waals surface area contributed by atoms with E-state index < -0.39 is 0 Å². The van der Waals surface area contributed by atoms with E-state index in [0.717, 1.165) is 47.3 Å². The molecule has 27 heavy (non-hydrogen) atoms. The smallest absolute Gasteiger partial charge is 0.123 e. The van der Waals surface area contributed by atoms with E-state index in [1.807, 2.05) is 12.1 Å². The molecule has 1 heterocycles. The number of aromatic nitrogens is 1. The number of aliphatic hydroxyl groups is 1. The molecule has 0 saturated carbocycles. The third kappa shape index (κ3) is 3.17. The molecule has 138 valence electrons. The quantitative estimate of drug-likeness (QED) is 0.653. The number of benzene rings is 2. The Morgan fingerprint density at radius 1 is 1.04 bits per heavy atom. The fraction of sp³-hybridized carbons (Fsp3) is 0.292. The predicted molar refractivity (Wildman–Crippen MR) is 107 cm³/mol. The van der Waals surface area contributed by atoms with Gasteiger partial charge in [-0.25, -0.2) is 4.39 Å². The van der Waals surface area contributed by atoms with Crippen molar-refractivity contribution in [2.24, 2.45) is 0 Å². The molecule has 0 unspecified atom stereocenters. The van der Waals surface area contributed by atoms with Gasteiger partial charge in [0.05, 0.1) is 12.3 Å². The van der Waals surface area contributed by atoms with Crippen molar-refractivity contribution in [3.8, 4) is 22.4 Å². The van der Waals surface area contributed by atoms with Crippen LogP contribution in [0.3, 0.4) is 0 Å². The summed E-state index contributed by atoms with van der Waals surface area (Å²) in [5, 5.41) is 10.2. The van der Waals surface area contributed by atoms with Crippen molar-refractivity contribution < 1.29 is 9.50 Å². The Labute approximate surface area is 159 Å². The Balaban J connectivity index is 2.09. The Bertz CT molecular complexity index is 976. The summed E-state index contributed by atoms with van der Waals surface area (Å²) in [5.74, 6) is -0.0639. The van der Waals surface area contributed by atoms with E-state index in [1.165, 1.54) is 28.8 Å². The molecule has 2 aromatic carbocycles. The first-order chi connectivity index (χ1) is 13.1. The van der Waals surface area contributed by atoms with Crippen molar-refractivity contribution in [2.45, 2.75) is 45.6 Å². The molecule has 0 aliphatic heterocycles. The summed E-state index contributed by atoms with van der Waals surface area (Å²) in [5.41, 5.74) is 8.45. The van der Waals surface area contributed by atoms with Crippen LogP contribution in [0, 0.1) is 5.82 Å². The number of aliphatic hydroxyl groups excluding tert-OH is 1. The average Bonchev–Trinajstić information content (AvgIpc) is 2.86. The van der Waals surface area contributed by atoms with Crippen LogP contribution < -0.4 is 0 Å². The minimum absolute atomic E-state index is 0.0673. The Morgan fingerprint density at radius 3 is 2.48 bits per heavy atom. The van der Waals surface area contributed by atoms with E-state index >= 15 is 0 Å². The van der Waals surface area contributed by atoms with Gasteiger partial charge in [-0.2, -0.15) is 0 Å². The lowest BCUT2D eigenvalue weighted by atomic mass is 9.87. The van der Waals surface area contributed by atoms with Gasteiger partial charge < -0.3 is 5.11 Å². The predicted octanol–water partition coefficient (Wildman–Crippen LogP) is 5.66. The van der Waals surface area contributed by atoms with Crippen LogP contribution in [0.1, 0.15) is 48.6 Å². The fourth-order valence-electron chi connectivity index (χ4n) is 4.18. The third-order valence-electron chi connectivity index (χ3n) is 5.41. The fourth-order valence-corrected chi connectivity index (χ4v) is 4.18. The highest BCUT2D eigenvalue weighted by Gasteiger charge is 2.25. The average molecular weight is 361 g/mol. The van der Waals surface area contributed by atoms with Crippen LogP contribution in [-0.2, 0) is 19.4 Å². The summed E-state index contributed by atoms with van der Waals surface area (Å²) in [6.45, 7) is 4.14. The number of hydrogen-bond donors (Lipinski definition) is 1. The van der Waals surface area contributed by atoms with Gasteiger partial charge in [-0.15, -0.1) is 0 Å². The lowest BCUT2D eigenvalue weighted by Gasteiger charge is -2.22. The van der Waals surface area contributed by atoms with Crippen molar-refractivity contribution in [3.05, 3.63) is 76.7 Å². The van der Waals surface area contributed by atoms with Gasteiger partial charge in [-0.3, -0.25) is 4.98 Å². The summed E-state index contributed by atoms with van der Waals surface area (Å²) >= 11 is 0. The Hall–Kier alpha value is -2.52. The molecule has 0 atom stereocenters. The molecule has 0 bridgehead atoms. The molecule has 4 rings (SSSR count). The highest BCUT2D eigenvalue weighted by Crippen LogP contribution is 2.41. The largest absolute Gasteiger partial charge is 0.392 e. The van der Waals surface area contributed by atoms with Crippen molar-refractivity contribution >= 4 is 0 Å². The van der Waals surface area contributed by atoms with Crippen LogP contribution in [-0.4, -0.2) is 10.1 Å². The van der Waals surface area contributed by atoms with Crippen LogP contribution in [0.4, 0.5) is 4.39 Å². The topological polar surface area (TPSA) is 33.1 Å². The first-order valence-corrected chi connectivity index (χ1v) is 9.61. The van der Waals surface area contributed by atoms with E-state index in [2.05, 4.69) is 38.1 Å². The molecule has 1 aromatic heterocycles. The number of nitrogens with zero attached hydrogens (tertiary/aromatic N) is 1. The molecule has 3 aromatic rings. The van der Waals surface area contributed by atoms with Gasteiger partial charge in [0, 0.05) is 16.8 Å². The minimum atomic E-state index is -0.251. The maximum atomic E-state index is 13.5. The van der Waals surface area contributed by atoms with Crippen LogP contribution in [0.2, 0.25) is 0 Å². The van der Waals surface area contributed by atoms with Gasteiger partial charge >= 0.3 is 0 Å². The van der Waals surface area contributed by atoms with Gasteiger partial charge in [-0.05, 0) is 59.6 Å². The van der Waals surface area contributed by atoms with Crippen molar-refractivity contribution in [1.82, 2.24) is 4.98 Å². The molecule has 0 amide bonds. The number of fused-ring (bicyclic) bond motifs is 3. The van der Waals surface area contributed by atoms with Crippen LogP contribution in [0.5, 0.6) is 0 Å². The van der Waals surface area contributed by atoms with Gasteiger partial charge in [0.15, 0.2) is 0 Å². The number of rotatable bonds is 3. The Morgan fingerprint density at radius 2 is 1.78 bits per heavy atom. The molecule has 3 heteroatoms. The molecule has 1 aliphatic rings. The zero-order chi connectivity index (χ0) is 19.0. The lowest BCUT2D eigenvalue weighted by Crippen LogP contribution is -2.09. The summed E-state index contributed by atoms with van der Waals surface area (Å²) in [7, 11) is 0. The Kier molecular flexibility index (Phi) is 4.79. The van der Waals surface area contributed by atoms with Crippen LogP contribution in [0.15, 0.2) is 48.5 Å². The van der Waals surface area contributed by atoms with Crippen molar-refractivity contribution in [3.63, 3.8) is 0 Å².